The molecule has 2 N–H and O–H groups in total. The van der Waals surface area contributed by atoms with Crippen LogP contribution in [0.15, 0.2) is 16.6 Å². The van der Waals surface area contributed by atoms with Crippen molar-refractivity contribution in [2.24, 2.45) is 0 Å². The number of aliphatic hydroxyl groups is 1. The van der Waals surface area contributed by atoms with Crippen molar-refractivity contribution in [2.75, 3.05) is 0 Å². The van der Waals surface area contributed by atoms with Gasteiger partial charge in [0.2, 0.25) is 0 Å². The molecule has 3 nitrogen and oxygen atoms in total. The van der Waals surface area contributed by atoms with Crippen molar-refractivity contribution >= 4 is 26.9 Å². The van der Waals surface area contributed by atoms with Crippen molar-refractivity contribution in [3.8, 4) is 0 Å². The molecule has 0 aliphatic heterocycles. The van der Waals surface area contributed by atoms with E-state index >= 15 is 8.78 Å². The minimum Gasteiger partial charge on any atom is -0.384 e. The SMILES string of the molecule is CC(C)(C)S(=O)NC(C)(c1cc(Br)c(F)cc1F)C(F)(F)C(C)(C)O. The van der Waals surface area contributed by atoms with Crippen LogP contribution in [0.1, 0.15) is 47.1 Å². The highest BCUT2D eigenvalue weighted by atomic mass is 79.9. The average Bonchev–Trinajstić information content (AvgIpc) is 2.40. The van der Waals surface area contributed by atoms with E-state index in [1.165, 1.54) is 0 Å². The van der Waals surface area contributed by atoms with Crippen LogP contribution in [0.4, 0.5) is 17.6 Å². The maximum absolute atomic E-state index is 15.1. The van der Waals surface area contributed by atoms with Gasteiger partial charge in [0.05, 0.1) is 20.2 Å². The van der Waals surface area contributed by atoms with Gasteiger partial charge in [-0.2, -0.15) is 0 Å². The van der Waals surface area contributed by atoms with Gasteiger partial charge in [-0.25, -0.2) is 26.5 Å². The van der Waals surface area contributed by atoms with E-state index in [4.69, 9.17) is 0 Å². The molecular formula is C16H22BrF4NO2S. The van der Waals surface area contributed by atoms with Crippen LogP contribution in [0, 0.1) is 11.6 Å². The van der Waals surface area contributed by atoms with Gasteiger partial charge in [0.15, 0.2) is 0 Å². The highest BCUT2D eigenvalue weighted by molar-refractivity contribution is 9.10. The van der Waals surface area contributed by atoms with Crippen LogP contribution < -0.4 is 4.72 Å². The van der Waals surface area contributed by atoms with E-state index in [2.05, 4.69) is 20.7 Å². The molecule has 2 unspecified atom stereocenters. The summed E-state index contributed by atoms with van der Waals surface area (Å²) < 4.78 is 71.7. The lowest BCUT2D eigenvalue weighted by atomic mass is 9.78. The minimum atomic E-state index is -3.96. The zero-order valence-electron chi connectivity index (χ0n) is 14.8. The molecule has 0 amide bonds. The van der Waals surface area contributed by atoms with Gasteiger partial charge in [0.1, 0.15) is 22.8 Å². The molecule has 2 atom stereocenters. The molecule has 0 radical (unpaired) electrons. The van der Waals surface area contributed by atoms with Gasteiger partial charge >= 0.3 is 0 Å². The second-order valence-electron chi connectivity index (χ2n) is 7.49. The van der Waals surface area contributed by atoms with Gasteiger partial charge in [-0.15, -0.1) is 0 Å². The fraction of sp³-hybridized carbons (Fsp3) is 0.625. The molecule has 144 valence electrons. The summed E-state index contributed by atoms with van der Waals surface area (Å²) >= 11 is 2.84. The first-order valence-electron chi connectivity index (χ1n) is 7.40. The Morgan fingerprint density at radius 1 is 1.04 bits per heavy atom. The van der Waals surface area contributed by atoms with Gasteiger partial charge in [-0.05, 0) is 63.5 Å². The molecular weight excluding hydrogens is 426 g/mol. The summed E-state index contributed by atoms with van der Waals surface area (Å²) in [6.07, 6.45) is 0. The Hall–Kier alpha value is -0.510. The number of hydrogen-bond acceptors (Lipinski definition) is 2. The zero-order valence-corrected chi connectivity index (χ0v) is 17.2. The first-order chi connectivity index (χ1) is 10.9. The van der Waals surface area contributed by atoms with E-state index in [1.807, 2.05) is 0 Å². The van der Waals surface area contributed by atoms with Crippen LogP contribution in [0.25, 0.3) is 0 Å². The summed E-state index contributed by atoms with van der Waals surface area (Å²) in [6.45, 7) is 7.31. The number of benzene rings is 1. The van der Waals surface area contributed by atoms with Crippen LogP contribution in [0.2, 0.25) is 0 Å². The molecule has 0 bridgehead atoms. The van der Waals surface area contributed by atoms with E-state index in [0.29, 0.717) is 6.07 Å². The number of hydrogen-bond donors (Lipinski definition) is 2. The molecule has 0 fully saturated rings. The second kappa shape index (κ2) is 6.90. The lowest BCUT2D eigenvalue weighted by Gasteiger charge is -2.45. The summed E-state index contributed by atoms with van der Waals surface area (Å²) in [4.78, 5) is 0. The highest BCUT2D eigenvalue weighted by Gasteiger charge is 2.62. The van der Waals surface area contributed by atoms with Crippen molar-refractivity contribution in [1.29, 1.82) is 0 Å². The molecule has 25 heavy (non-hydrogen) atoms. The van der Waals surface area contributed by atoms with Crippen LogP contribution in [0.3, 0.4) is 0 Å². The monoisotopic (exact) mass is 447 g/mol. The number of nitrogens with one attached hydrogen (secondary N) is 1. The Balaban J connectivity index is 3.71. The van der Waals surface area contributed by atoms with Gasteiger partial charge in [-0.3, -0.25) is 0 Å². The van der Waals surface area contributed by atoms with Gasteiger partial charge in [0.25, 0.3) is 5.92 Å². The van der Waals surface area contributed by atoms with Crippen LogP contribution >= 0.6 is 15.9 Å². The van der Waals surface area contributed by atoms with E-state index in [-0.39, 0.29) is 4.47 Å². The Morgan fingerprint density at radius 2 is 1.52 bits per heavy atom. The average molecular weight is 448 g/mol. The predicted molar refractivity (Wildman–Crippen MR) is 93.7 cm³/mol. The third kappa shape index (κ3) is 4.26. The first-order valence-corrected chi connectivity index (χ1v) is 9.34. The lowest BCUT2D eigenvalue weighted by molar-refractivity contribution is -0.206. The Kier molecular flexibility index (Phi) is 6.22. The molecule has 0 aliphatic carbocycles. The Labute approximate surface area is 155 Å². The topological polar surface area (TPSA) is 49.3 Å². The highest BCUT2D eigenvalue weighted by Crippen LogP contribution is 2.46. The van der Waals surface area contributed by atoms with Crippen molar-refractivity contribution in [3.63, 3.8) is 0 Å². The molecule has 0 aromatic heterocycles. The predicted octanol–water partition coefficient (Wildman–Crippen LogP) is 4.40. The van der Waals surface area contributed by atoms with Crippen LogP contribution in [0.5, 0.6) is 0 Å². The molecule has 9 heteroatoms. The van der Waals surface area contributed by atoms with Crippen molar-refractivity contribution < 1.29 is 26.9 Å². The standard InChI is InChI=1S/C16H22BrF4NO2S/c1-13(2,3)25(24)22-15(6,16(20,21)14(4,5)23)9-7-10(17)12(19)8-11(9)18/h7-8,22-23H,1-6H3. The summed E-state index contributed by atoms with van der Waals surface area (Å²) in [7, 11) is -2.03. The number of halogens is 5. The number of rotatable bonds is 5. The zero-order chi connectivity index (χ0) is 20.0. The molecule has 0 saturated carbocycles. The lowest BCUT2D eigenvalue weighted by Crippen LogP contribution is -2.64. The van der Waals surface area contributed by atoms with Crippen LogP contribution in [-0.4, -0.2) is 25.6 Å². The Morgan fingerprint density at radius 3 is 1.92 bits per heavy atom. The van der Waals surface area contributed by atoms with Gasteiger partial charge < -0.3 is 5.11 Å². The van der Waals surface area contributed by atoms with E-state index in [0.717, 1.165) is 26.8 Å². The summed E-state index contributed by atoms with van der Waals surface area (Å²) in [5, 5.41) is 9.98. The minimum absolute atomic E-state index is 0.231. The van der Waals surface area contributed by atoms with E-state index in [1.54, 1.807) is 20.8 Å². The van der Waals surface area contributed by atoms with Crippen molar-refractivity contribution in [2.45, 2.75) is 63.4 Å². The summed E-state index contributed by atoms with van der Waals surface area (Å²) in [5.41, 5.74) is -5.78. The summed E-state index contributed by atoms with van der Waals surface area (Å²) in [5.74, 6) is -6.17. The van der Waals surface area contributed by atoms with Crippen molar-refractivity contribution in [3.05, 3.63) is 33.8 Å². The molecule has 0 saturated heterocycles. The third-order valence-corrected chi connectivity index (χ3v) is 6.11. The van der Waals surface area contributed by atoms with E-state index < -0.39 is 50.0 Å². The summed E-state index contributed by atoms with van der Waals surface area (Å²) in [6, 6.07) is 1.32. The Bertz CT molecular complexity index is 686. The number of alkyl halides is 2. The fourth-order valence-corrected chi connectivity index (χ4v) is 3.40. The normalized spacial score (nSPS) is 17.3. The van der Waals surface area contributed by atoms with Crippen LogP contribution in [-0.2, 0) is 16.5 Å². The maximum atomic E-state index is 15.1. The molecule has 1 aromatic rings. The quantitative estimate of drug-likeness (QED) is 0.518. The van der Waals surface area contributed by atoms with Gasteiger partial charge in [0, 0.05) is 11.6 Å². The maximum Gasteiger partial charge on any atom is 0.298 e. The molecule has 0 aliphatic rings. The molecule has 1 rings (SSSR count). The van der Waals surface area contributed by atoms with E-state index in [9.17, 15) is 18.1 Å². The third-order valence-electron chi connectivity index (χ3n) is 3.80. The fourth-order valence-electron chi connectivity index (χ4n) is 2.14. The smallest absolute Gasteiger partial charge is 0.298 e. The largest absolute Gasteiger partial charge is 0.384 e. The second-order valence-corrected chi connectivity index (χ2v) is 10.3. The van der Waals surface area contributed by atoms with Crippen molar-refractivity contribution in [1.82, 2.24) is 4.72 Å². The van der Waals surface area contributed by atoms with Gasteiger partial charge in [-0.1, -0.05) is 0 Å². The first kappa shape index (κ1) is 22.5. The molecule has 1 aromatic carbocycles. The molecule has 0 spiro atoms. The molecule has 0 heterocycles.